The quantitative estimate of drug-likeness (QED) is 0.502. The third-order valence-corrected chi connectivity index (χ3v) is 4.81. The van der Waals surface area contributed by atoms with E-state index in [1.807, 2.05) is 12.1 Å². The number of hydrogen-bond donors (Lipinski definition) is 0. The van der Waals surface area contributed by atoms with Crippen LogP contribution in [0.4, 0.5) is 0 Å². The molecule has 3 aromatic rings. The van der Waals surface area contributed by atoms with Crippen molar-refractivity contribution in [1.82, 2.24) is 4.98 Å². The van der Waals surface area contributed by atoms with Crippen molar-refractivity contribution in [2.24, 2.45) is 0 Å². The predicted octanol–water partition coefficient (Wildman–Crippen LogP) is 6.45. The van der Waals surface area contributed by atoms with Crippen molar-refractivity contribution >= 4 is 39.3 Å². The van der Waals surface area contributed by atoms with Crippen LogP contribution in [0.3, 0.4) is 0 Å². The second-order valence-corrected chi connectivity index (χ2v) is 6.70. The zero-order chi connectivity index (χ0) is 17.3. The molecule has 0 saturated heterocycles. The Hall–Kier alpha value is -1.90. The van der Waals surface area contributed by atoms with E-state index in [1.165, 1.54) is 5.56 Å². The third kappa shape index (κ3) is 3.31. The molecule has 2 aromatic carbocycles. The number of carbonyl (C=O) groups excluding carboxylic acids is 1. The van der Waals surface area contributed by atoms with Crippen LogP contribution in [0.25, 0.3) is 22.2 Å². The molecule has 1 atom stereocenters. The molecular formula is C20H17Cl2NO. The summed E-state index contributed by atoms with van der Waals surface area (Å²) in [5.41, 5.74) is 4.10. The van der Waals surface area contributed by atoms with Crippen LogP contribution in [0.5, 0.6) is 0 Å². The molecular weight excluding hydrogens is 341 g/mol. The molecule has 24 heavy (non-hydrogen) atoms. The van der Waals surface area contributed by atoms with Crippen LogP contribution in [0.1, 0.15) is 42.1 Å². The first-order chi connectivity index (χ1) is 11.5. The van der Waals surface area contributed by atoms with Gasteiger partial charge in [0.2, 0.25) is 0 Å². The van der Waals surface area contributed by atoms with E-state index in [0.717, 1.165) is 17.7 Å². The highest BCUT2D eigenvalue weighted by atomic mass is 35.5. The topological polar surface area (TPSA) is 30.0 Å². The summed E-state index contributed by atoms with van der Waals surface area (Å²) in [5.74, 6) is 0.519. The van der Waals surface area contributed by atoms with Crippen molar-refractivity contribution in [3.63, 3.8) is 0 Å². The minimum atomic E-state index is -0.512. The lowest BCUT2D eigenvalue weighted by atomic mass is 9.96. The first-order valence-electron chi connectivity index (χ1n) is 7.90. The summed E-state index contributed by atoms with van der Waals surface area (Å²) >= 11 is 11.8. The molecule has 3 rings (SSSR count). The number of nitrogens with zero attached hydrogens (tertiary/aromatic N) is 1. The molecule has 1 aromatic heterocycles. The molecule has 122 valence electrons. The molecule has 0 N–H and O–H groups in total. The van der Waals surface area contributed by atoms with E-state index in [9.17, 15) is 4.79 Å². The van der Waals surface area contributed by atoms with Gasteiger partial charge >= 0.3 is 0 Å². The Morgan fingerprint density at radius 3 is 2.46 bits per heavy atom. The molecule has 0 spiro atoms. The van der Waals surface area contributed by atoms with Gasteiger partial charge in [0.05, 0.1) is 11.2 Å². The van der Waals surface area contributed by atoms with Gasteiger partial charge in [0, 0.05) is 21.5 Å². The number of rotatable bonds is 4. The van der Waals surface area contributed by atoms with E-state index < -0.39 is 5.24 Å². The lowest BCUT2D eigenvalue weighted by molar-refractivity contribution is 0.108. The Kier molecular flexibility index (Phi) is 4.88. The van der Waals surface area contributed by atoms with Crippen molar-refractivity contribution in [1.29, 1.82) is 0 Å². The number of benzene rings is 2. The van der Waals surface area contributed by atoms with E-state index in [2.05, 4.69) is 31.0 Å². The van der Waals surface area contributed by atoms with Crippen LogP contribution in [-0.2, 0) is 0 Å². The zero-order valence-electron chi connectivity index (χ0n) is 13.5. The molecule has 0 aliphatic carbocycles. The Labute approximate surface area is 151 Å². The smallest absolute Gasteiger partial charge is 0.253 e. The summed E-state index contributed by atoms with van der Waals surface area (Å²) in [6.07, 6.45) is 1.10. The standard InChI is InChI=1S/C20H17Cl2NO/c1-3-12(2)13-4-6-14(7-5-13)19-11-17(20(22)24)16-10-15(21)8-9-18(16)23-19/h4-12H,3H2,1-2H3. The molecule has 0 aliphatic rings. The van der Waals surface area contributed by atoms with Crippen LogP contribution >= 0.6 is 23.2 Å². The minimum Gasteiger partial charge on any atom is -0.276 e. The first kappa shape index (κ1) is 16.9. The Bertz CT molecular complexity index is 903. The summed E-state index contributed by atoms with van der Waals surface area (Å²) in [7, 11) is 0. The Morgan fingerprint density at radius 1 is 1.12 bits per heavy atom. The SMILES string of the molecule is CCC(C)c1ccc(-c2cc(C(=O)Cl)c3cc(Cl)ccc3n2)cc1. The van der Waals surface area contributed by atoms with Gasteiger partial charge in [0.25, 0.3) is 5.24 Å². The van der Waals surface area contributed by atoms with E-state index in [-0.39, 0.29) is 0 Å². The maximum absolute atomic E-state index is 11.8. The minimum absolute atomic E-state index is 0.421. The summed E-state index contributed by atoms with van der Waals surface area (Å²) in [6, 6.07) is 15.3. The number of carbonyl (C=O) groups is 1. The molecule has 1 heterocycles. The van der Waals surface area contributed by atoms with Gasteiger partial charge in [-0.3, -0.25) is 4.79 Å². The number of pyridine rings is 1. The lowest BCUT2D eigenvalue weighted by Crippen LogP contribution is -1.96. The average molecular weight is 358 g/mol. The zero-order valence-corrected chi connectivity index (χ0v) is 15.0. The highest BCUT2D eigenvalue weighted by Crippen LogP contribution is 2.29. The van der Waals surface area contributed by atoms with Crippen LogP contribution < -0.4 is 0 Å². The molecule has 0 bridgehead atoms. The monoisotopic (exact) mass is 357 g/mol. The molecule has 0 aliphatic heterocycles. The van der Waals surface area contributed by atoms with Gasteiger partial charge in [-0.15, -0.1) is 0 Å². The van der Waals surface area contributed by atoms with Crippen molar-refractivity contribution < 1.29 is 4.79 Å². The van der Waals surface area contributed by atoms with E-state index in [1.54, 1.807) is 24.3 Å². The molecule has 0 saturated carbocycles. The summed E-state index contributed by atoms with van der Waals surface area (Å²) in [5, 5.41) is 0.707. The summed E-state index contributed by atoms with van der Waals surface area (Å²) in [4.78, 5) is 16.5. The van der Waals surface area contributed by atoms with Crippen LogP contribution in [0.2, 0.25) is 5.02 Å². The Morgan fingerprint density at radius 2 is 1.83 bits per heavy atom. The summed E-state index contributed by atoms with van der Waals surface area (Å²) in [6.45, 7) is 4.38. The molecule has 2 nitrogen and oxygen atoms in total. The molecule has 0 fully saturated rings. The predicted molar refractivity (Wildman–Crippen MR) is 101 cm³/mol. The van der Waals surface area contributed by atoms with Crippen molar-refractivity contribution in [3.05, 3.63) is 64.7 Å². The maximum atomic E-state index is 11.8. The van der Waals surface area contributed by atoms with Gasteiger partial charge in [-0.25, -0.2) is 4.98 Å². The number of fused-ring (bicyclic) bond motifs is 1. The second-order valence-electron chi connectivity index (χ2n) is 5.92. The second kappa shape index (κ2) is 6.92. The van der Waals surface area contributed by atoms with Crippen molar-refractivity contribution in [2.75, 3.05) is 0 Å². The largest absolute Gasteiger partial charge is 0.276 e. The van der Waals surface area contributed by atoms with Gasteiger partial charge in [0.1, 0.15) is 0 Å². The van der Waals surface area contributed by atoms with E-state index in [4.69, 9.17) is 23.2 Å². The fraction of sp³-hybridized carbons (Fsp3) is 0.200. The fourth-order valence-corrected chi connectivity index (χ4v) is 3.06. The molecule has 1 unspecified atom stereocenters. The third-order valence-electron chi connectivity index (χ3n) is 4.37. The van der Waals surface area contributed by atoms with Gasteiger partial charge in [-0.1, -0.05) is 49.7 Å². The van der Waals surface area contributed by atoms with Crippen molar-refractivity contribution in [2.45, 2.75) is 26.2 Å². The van der Waals surface area contributed by atoms with Crippen LogP contribution in [0.15, 0.2) is 48.5 Å². The van der Waals surface area contributed by atoms with Crippen molar-refractivity contribution in [3.8, 4) is 11.3 Å². The number of aromatic nitrogens is 1. The highest BCUT2D eigenvalue weighted by Gasteiger charge is 2.13. The average Bonchev–Trinajstić information content (AvgIpc) is 2.60. The number of halogens is 2. The number of hydrogen-bond acceptors (Lipinski definition) is 2. The van der Waals surface area contributed by atoms with Gasteiger partial charge < -0.3 is 0 Å². The van der Waals surface area contributed by atoms with Gasteiger partial charge in [-0.05, 0) is 53.8 Å². The fourth-order valence-electron chi connectivity index (χ4n) is 2.73. The lowest BCUT2D eigenvalue weighted by Gasteiger charge is -2.11. The first-order valence-corrected chi connectivity index (χ1v) is 8.65. The van der Waals surface area contributed by atoms with Gasteiger partial charge in [0.15, 0.2) is 0 Å². The molecule has 4 heteroatoms. The Balaban J connectivity index is 2.13. The highest BCUT2D eigenvalue weighted by molar-refractivity contribution is 6.68. The van der Waals surface area contributed by atoms with Crippen LogP contribution in [-0.4, -0.2) is 10.2 Å². The summed E-state index contributed by atoms with van der Waals surface area (Å²) < 4.78 is 0. The van der Waals surface area contributed by atoms with Crippen LogP contribution in [0, 0.1) is 0 Å². The van der Waals surface area contributed by atoms with E-state index in [0.29, 0.717) is 27.4 Å². The van der Waals surface area contributed by atoms with Gasteiger partial charge in [-0.2, -0.15) is 0 Å². The normalized spacial score (nSPS) is 12.3. The maximum Gasteiger partial charge on any atom is 0.253 e. The van der Waals surface area contributed by atoms with E-state index >= 15 is 0 Å². The molecule has 0 amide bonds. The molecule has 0 radical (unpaired) electrons.